The molecule has 2 rings (SSSR count). The fraction of sp³-hybridized carbons (Fsp3) is 0.353. The fourth-order valence-electron chi connectivity index (χ4n) is 2.27. The second-order valence-corrected chi connectivity index (χ2v) is 5.40. The molecule has 0 bridgehead atoms. The van der Waals surface area contributed by atoms with Gasteiger partial charge in [0.1, 0.15) is 0 Å². The van der Waals surface area contributed by atoms with E-state index in [4.69, 9.17) is 5.73 Å². The predicted molar refractivity (Wildman–Crippen MR) is 83.6 cm³/mol. The molecule has 0 aliphatic heterocycles. The lowest BCUT2D eigenvalue weighted by atomic mass is 10.0. The van der Waals surface area contributed by atoms with Gasteiger partial charge in [-0.15, -0.1) is 0 Å². The Labute approximate surface area is 120 Å². The minimum Gasteiger partial charge on any atom is -0.345 e. The van der Waals surface area contributed by atoms with Gasteiger partial charge in [-0.25, -0.2) is 0 Å². The zero-order valence-electron chi connectivity index (χ0n) is 12.2. The quantitative estimate of drug-likeness (QED) is 0.907. The predicted octanol–water partition coefficient (Wildman–Crippen LogP) is 2.58. The van der Waals surface area contributed by atoms with Crippen LogP contribution in [0.4, 0.5) is 0 Å². The summed E-state index contributed by atoms with van der Waals surface area (Å²) in [5.74, 6) is 0.141. The van der Waals surface area contributed by atoms with Crippen molar-refractivity contribution in [3.8, 4) is 0 Å². The third-order valence-electron chi connectivity index (χ3n) is 3.57. The molecule has 106 valence electrons. The van der Waals surface area contributed by atoms with Crippen LogP contribution < -0.4 is 5.73 Å². The Kier molecular flexibility index (Phi) is 4.74. The first-order chi connectivity index (χ1) is 9.58. The van der Waals surface area contributed by atoms with Crippen molar-refractivity contribution >= 4 is 16.7 Å². The molecule has 20 heavy (non-hydrogen) atoms. The number of carbonyl (C=O) groups excluding carboxylic acids is 1. The van der Waals surface area contributed by atoms with Crippen LogP contribution in [0.1, 0.15) is 18.9 Å². The van der Waals surface area contributed by atoms with Gasteiger partial charge in [0.05, 0.1) is 6.42 Å². The molecule has 3 nitrogen and oxygen atoms in total. The van der Waals surface area contributed by atoms with Crippen molar-refractivity contribution in [3.05, 3.63) is 48.0 Å². The minimum absolute atomic E-state index is 0.128. The lowest BCUT2D eigenvalue weighted by molar-refractivity contribution is -0.129. The highest BCUT2D eigenvalue weighted by Gasteiger charge is 2.11. The molecule has 0 saturated heterocycles. The number of nitrogens with two attached hydrogens (primary N) is 1. The fourth-order valence-corrected chi connectivity index (χ4v) is 2.27. The normalized spacial score (nSPS) is 12.3. The summed E-state index contributed by atoms with van der Waals surface area (Å²) in [7, 11) is 1.84. The maximum absolute atomic E-state index is 12.3. The number of rotatable bonds is 5. The molecule has 0 heterocycles. The summed E-state index contributed by atoms with van der Waals surface area (Å²) in [6.07, 6.45) is 1.27. The van der Waals surface area contributed by atoms with Gasteiger partial charge in [-0.2, -0.15) is 0 Å². The van der Waals surface area contributed by atoms with Crippen LogP contribution in [0.2, 0.25) is 0 Å². The van der Waals surface area contributed by atoms with Gasteiger partial charge in [0.2, 0.25) is 5.91 Å². The number of benzene rings is 2. The number of amides is 1. The van der Waals surface area contributed by atoms with Crippen LogP contribution in [0, 0.1) is 0 Å². The van der Waals surface area contributed by atoms with E-state index in [9.17, 15) is 4.79 Å². The maximum Gasteiger partial charge on any atom is 0.226 e. The third kappa shape index (κ3) is 3.58. The summed E-state index contributed by atoms with van der Waals surface area (Å²) in [5, 5.41) is 2.33. The molecular formula is C17H22N2O. The topological polar surface area (TPSA) is 46.3 Å². The summed E-state index contributed by atoms with van der Waals surface area (Å²) in [6, 6.07) is 14.4. The Bertz CT molecular complexity index is 587. The molecular weight excluding hydrogens is 248 g/mol. The molecule has 0 fully saturated rings. The molecule has 1 atom stereocenters. The largest absolute Gasteiger partial charge is 0.345 e. The van der Waals surface area contributed by atoms with Crippen molar-refractivity contribution in [3.63, 3.8) is 0 Å². The van der Waals surface area contributed by atoms with Gasteiger partial charge in [-0.1, -0.05) is 42.5 Å². The Balaban J connectivity index is 2.10. The number of hydrogen-bond donors (Lipinski definition) is 1. The van der Waals surface area contributed by atoms with Gasteiger partial charge in [-0.05, 0) is 29.7 Å². The smallest absolute Gasteiger partial charge is 0.226 e. The molecule has 2 aromatic carbocycles. The van der Waals surface area contributed by atoms with Gasteiger partial charge in [-0.3, -0.25) is 4.79 Å². The first kappa shape index (κ1) is 14.5. The maximum atomic E-state index is 12.3. The van der Waals surface area contributed by atoms with Crippen LogP contribution in [0.3, 0.4) is 0 Å². The standard InChI is InChI=1S/C17H22N2O/c1-13(18)10-11-19(2)17(20)12-15-8-5-7-14-6-3-4-9-16(14)15/h3-9,13H,10-12,18H2,1-2H3. The van der Waals surface area contributed by atoms with E-state index < -0.39 is 0 Å². The monoisotopic (exact) mass is 270 g/mol. The summed E-state index contributed by atoms with van der Waals surface area (Å²) >= 11 is 0. The number of hydrogen-bond acceptors (Lipinski definition) is 2. The van der Waals surface area contributed by atoms with E-state index in [1.807, 2.05) is 38.2 Å². The number of fused-ring (bicyclic) bond motifs is 1. The van der Waals surface area contributed by atoms with Gasteiger partial charge in [0.15, 0.2) is 0 Å². The van der Waals surface area contributed by atoms with Crippen LogP contribution in [0.25, 0.3) is 10.8 Å². The second-order valence-electron chi connectivity index (χ2n) is 5.40. The molecule has 1 unspecified atom stereocenters. The Morgan fingerprint density at radius 2 is 1.90 bits per heavy atom. The highest BCUT2D eigenvalue weighted by molar-refractivity contribution is 5.90. The van der Waals surface area contributed by atoms with Crippen molar-refractivity contribution in [2.45, 2.75) is 25.8 Å². The number of carbonyl (C=O) groups is 1. The molecule has 0 spiro atoms. The zero-order chi connectivity index (χ0) is 14.5. The first-order valence-corrected chi connectivity index (χ1v) is 7.04. The summed E-state index contributed by atoms with van der Waals surface area (Å²) in [5.41, 5.74) is 6.81. The Morgan fingerprint density at radius 3 is 2.65 bits per heavy atom. The molecule has 2 N–H and O–H groups in total. The van der Waals surface area contributed by atoms with Crippen molar-refractivity contribution in [2.24, 2.45) is 5.73 Å². The SMILES string of the molecule is CC(N)CCN(C)C(=O)Cc1cccc2ccccc12. The van der Waals surface area contributed by atoms with E-state index in [-0.39, 0.29) is 11.9 Å². The molecule has 2 aromatic rings. The number of nitrogens with zero attached hydrogens (tertiary/aromatic N) is 1. The van der Waals surface area contributed by atoms with Crippen LogP contribution in [-0.4, -0.2) is 30.4 Å². The van der Waals surface area contributed by atoms with Gasteiger partial charge in [0.25, 0.3) is 0 Å². The van der Waals surface area contributed by atoms with E-state index in [0.717, 1.165) is 17.4 Å². The lowest BCUT2D eigenvalue weighted by Crippen LogP contribution is -2.32. The van der Waals surface area contributed by atoms with Gasteiger partial charge in [0, 0.05) is 19.6 Å². The van der Waals surface area contributed by atoms with Gasteiger partial charge < -0.3 is 10.6 Å². The summed E-state index contributed by atoms with van der Waals surface area (Å²) in [4.78, 5) is 14.0. The van der Waals surface area contributed by atoms with E-state index >= 15 is 0 Å². The summed E-state index contributed by atoms with van der Waals surface area (Å²) < 4.78 is 0. The van der Waals surface area contributed by atoms with Crippen LogP contribution in [0.5, 0.6) is 0 Å². The second kappa shape index (κ2) is 6.53. The van der Waals surface area contributed by atoms with Crippen molar-refractivity contribution in [1.82, 2.24) is 4.90 Å². The molecule has 0 aliphatic carbocycles. The summed E-state index contributed by atoms with van der Waals surface area (Å²) in [6.45, 7) is 2.67. The average Bonchev–Trinajstić information content (AvgIpc) is 2.45. The van der Waals surface area contributed by atoms with Gasteiger partial charge >= 0.3 is 0 Å². The lowest BCUT2D eigenvalue weighted by Gasteiger charge is -2.18. The van der Waals surface area contributed by atoms with E-state index in [1.165, 1.54) is 5.39 Å². The molecule has 3 heteroatoms. The molecule has 0 radical (unpaired) electrons. The highest BCUT2D eigenvalue weighted by atomic mass is 16.2. The Morgan fingerprint density at radius 1 is 1.20 bits per heavy atom. The van der Waals surface area contributed by atoms with Crippen LogP contribution >= 0.6 is 0 Å². The highest BCUT2D eigenvalue weighted by Crippen LogP contribution is 2.19. The molecule has 1 amide bonds. The minimum atomic E-state index is 0.128. The molecule has 0 aliphatic rings. The third-order valence-corrected chi connectivity index (χ3v) is 3.57. The van der Waals surface area contributed by atoms with E-state index in [1.54, 1.807) is 4.90 Å². The molecule has 0 saturated carbocycles. The van der Waals surface area contributed by atoms with E-state index in [0.29, 0.717) is 13.0 Å². The average molecular weight is 270 g/mol. The number of likely N-dealkylation sites (N-methyl/N-ethyl adjacent to an activating group) is 1. The van der Waals surface area contributed by atoms with Crippen LogP contribution in [0.15, 0.2) is 42.5 Å². The molecule has 0 aromatic heterocycles. The Hall–Kier alpha value is -1.87. The zero-order valence-corrected chi connectivity index (χ0v) is 12.2. The van der Waals surface area contributed by atoms with Crippen LogP contribution in [-0.2, 0) is 11.2 Å². The van der Waals surface area contributed by atoms with Crippen molar-refractivity contribution < 1.29 is 4.79 Å². The van der Waals surface area contributed by atoms with E-state index in [2.05, 4.69) is 18.2 Å². The van der Waals surface area contributed by atoms with Crippen molar-refractivity contribution in [2.75, 3.05) is 13.6 Å². The first-order valence-electron chi connectivity index (χ1n) is 7.04. The van der Waals surface area contributed by atoms with Crippen molar-refractivity contribution in [1.29, 1.82) is 0 Å².